The van der Waals surface area contributed by atoms with E-state index in [1.165, 1.54) is 6.08 Å². The zero-order valence-corrected chi connectivity index (χ0v) is 14.5. The highest BCUT2D eigenvalue weighted by Gasteiger charge is 2.14. The number of methoxy groups -OCH3 is 1. The van der Waals surface area contributed by atoms with Crippen molar-refractivity contribution >= 4 is 22.5 Å². The highest BCUT2D eigenvalue weighted by Crippen LogP contribution is 2.30. The highest BCUT2D eigenvalue weighted by molar-refractivity contribution is 5.97. The molecule has 0 spiro atoms. The predicted molar refractivity (Wildman–Crippen MR) is 97.6 cm³/mol. The zero-order valence-electron chi connectivity index (χ0n) is 14.5. The molecule has 5 heteroatoms. The molecule has 3 aromatic rings. The Morgan fingerprint density at radius 2 is 1.96 bits per heavy atom. The van der Waals surface area contributed by atoms with Gasteiger partial charge in [-0.25, -0.2) is 4.79 Å². The largest absolute Gasteiger partial charge is 0.497 e. The van der Waals surface area contributed by atoms with Crippen molar-refractivity contribution < 1.29 is 18.7 Å². The number of rotatable bonds is 5. The van der Waals surface area contributed by atoms with Gasteiger partial charge in [0.25, 0.3) is 0 Å². The van der Waals surface area contributed by atoms with E-state index in [2.05, 4.69) is 6.07 Å². The summed E-state index contributed by atoms with van der Waals surface area (Å²) in [5.74, 6) is 0.789. The summed E-state index contributed by atoms with van der Waals surface area (Å²) >= 11 is 0. The van der Waals surface area contributed by atoms with Gasteiger partial charge in [0.1, 0.15) is 17.1 Å². The molecule has 0 aliphatic heterocycles. The third kappa shape index (κ3) is 3.60. The molecule has 0 fully saturated rings. The average molecular weight is 347 g/mol. The van der Waals surface area contributed by atoms with Crippen molar-refractivity contribution in [3.8, 4) is 11.8 Å². The minimum absolute atomic E-state index is 0.289. The quantitative estimate of drug-likeness (QED) is 0.508. The summed E-state index contributed by atoms with van der Waals surface area (Å²) in [5.41, 5.74) is 2.58. The van der Waals surface area contributed by atoms with E-state index in [1.807, 2.05) is 30.3 Å². The van der Waals surface area contributed by atoms with Crippen molar-refractivity contribution in [2.75, 3.05) is 13.7 Å². The molecule has 0 atom stereocenters. The molecule has 3 rings (SSSR count). The molecule has 2 aromatic carbocycles. The van der Waals surface area contributed by atoms with Crippen LogP contribution in [0.2, 0.25) is 0 Å². The normalized spacial score (nSPS) is 11.2. The Hall–Kier alpha value is -3.52. The Morgan fingerprint density at radius 3 is 2.62 bits per heavy atom. The molecule has 0 unspecified atom stereocenters. The molecule has 5 nitrogen and oxygen atoms in total. The standard InChI is InChI=1S/C21H17NO4/c1-3-25-21(23)12-18(15-5-7-17(24-2)8-6-15)20-11-16-10-14(13-22)4-9-19(16)26-20/h4-12H,3H2,1-2H3. The molecule has 0 saturated heterocycles. The van der Waals surface area contributed by atoms with Crippen LogP contribution in [0.25, 0.3) is 16.5 Å². The second-order valence-corrected chi connectivity index (χ2v) is 5.51. The van der Waals surface area contributed by atoms with Crippen LogP contribution in [-0.2, 0) is 9.53 Å². The minimum atomic E-state index is -0.448. The molecule has 1 aromatic heterocycles. The number of carbonyl (C=O) groups is 1. The summed E-state index contributed by atoms with van der Waals surface area (Å²) in [6.07, 6.45) is 1.41. The van der Waals surface area contributed by atoms with E-state index in [4.69, 9.17) is 19.2 Å². The van der Waals surface area contributed by atoms with Gasteiger partial charge >= 0.3 is 5.97 Å². The number of ether oxygens (including phenoxy) is 2. The van der Waals surface area contributed by atoms with Gasteiger partial charge < -0.3 is 13.9 Å². The lowest BCUT2D eigenvalue weighted by Gasteiger charge is -2.07. The second kappa shape index (κ2) is 7.58. The lowest BCUT2D eigenvalue weighted by molar-refractivity contribution is -0.137. The summed E-state index contributed by atoms with van der Waals surface area (Å²) in [5, 5.41) is 9.85. The van der Waals surface area contributed by atoms with Gasteiger partial charge in [0, 0.05) is 17.0 Å². The van der Waals surface area contributed by atoms with Crippen LogP contribution in [0.4, 0.5) is 0 Å². The summed E-state index contributed by atoms with van der Waals surface area (Å²) in [7, 11) is 1.59. The van der Waals surface area contributed by atoms with Gasteiger partial charge in [0.05, 0.1) is 25.3 Å². The fraction of sp³-hybridized carbons (Fsp3) is 0.143. The Bertz CT molecular complexity index is 1010. The van der Waals surface area contributed by atoms with Crippen molar-refractivity contribution in [1.29, 1.82) is 5.26 Å². The van der Waals surface area contributed by atoms with Gasteiger partial charge in [-0.3, -0.25) is 0 Å². The molecule has 0 aliphatic rings. The predicted octanol–water partition coefficient (Wildman–Crippen LogP) is 4.31. The molecule has 0 N–H and O–H groups in total. The Kier molecular flexibility index (Phi) is 5.04. The van der Waals surface area contributed by atoms with Crippen LogP contribution in [0, 0.1) is 11.3 Å². The van der Waals surface area contributed by atoms with E-state index < -0.39 is 5.97 Å². The number of carbonyl (C=O) groups excluding carboxylic acids is 1. The maximum atomic E-state index is 12.0. The first-order valence-corrected chi connectivity index (χ1v) is 8.11. The number of hydrogen-bond donors (Lipinski definition) is 0. The smallest absolute Gasteiger partial charge is 0.331 e. The molecule has 0 radical (unpaired) electrons. The molecule has 130 valence electrons. The summed E-state index contributed by atoms with van der Waals surface area (Å²) in [6.45, 7) is 2.04. The van der Waals surface area contributed by atoms with Crippen molar-refractivity contribution in [3.05, 3.63) is 71.5 Å². The zero-order chi connectivity index (χ0) is 18.5. The number of hydrogen-bond acceptors (Lipinski definition) is 5. The number of nitrogens with zero attached hydrogens (tertiary/aromatic N) is 1. The third-order valence-electron chi connectivity index (χ3n) is 3.86. The second-order valence-electron chi connectivity index (χ2n) is 5.51. The molecule has 0 amide bonds. The van der Waals surface area contributed by atoms with Gasteiger partial charge in [0.15, 0.2) is 0 Å². The van der Waals surface area contributed by atoms with Crippen molar-refractivity contribution in [2.45, 2.75) is 6.92 Å². The topological polar surface area (TPSA) is 72.5 Å². The molecular formula is C21H17NO4. The van der Waals surface area contributed by atoms with Gasteiger partial charge in [0.2, 0.25) is 0 Å². The van der Waals surface area contributed by atoms with E-state index in [0.29, 0.717) is 28.2 Å². The van der Waals surface area contributed by atoms with Crippen LogP contribution >= 0.6 is 0 Å². The molecule has 0 aliphatic carbocycles. The number of fused-ring (bicyclic) bond motifs is 1. The fourth-order valence-corrected chi connectivity index (χ4v) is 2.61. The summed E-state index contributed by atoms with van der Waals surface area (Å²) in [4.78, 5) is 12.0. The van der Waals surface area contributed by atoms with Crippen LogP contribution in [-0.4, -0.2) is 19.7 Å². The maximum Gasteiger partial charge on any atom is 0.331 e. The summed E-state index contributed by atoms with van der Waals surface area (Å²) in [6, 6.07) is 16.4. The third-order valence-corrected chi connectivity index (χ3v) is 3.86. The number of furan rings is 1. The van der Waals surface area contributed by atoms with Gasteiger partial charge in [-0.05, 0) is 48.9 Å². The number of esters is 1. The van der Waals surface area contributed by atoms with Crippen LogP contribution < -0.4 is 4.74 Å². The molecule has 26 heavy (non-hydrogen) atoms. The monoisotopic (exact) mass is 347 g/mol. The highest BCUT2D eigenvalue weighted by atomic mass is 16.5. The maximum absolute atomic E-state index is 12.0. The van der Waals surface area contributed by atoms with Crippen molar-refractivity contribution in [3.63, 3.8) is 0 Å². The number of benzene rings is 2. The van der Waals surface area contributed by atoms with Crippen molar-refractivity contribution in [1.82, 2.24) is 0 Å². The minimum Gasteiger partial charge on any atom is -0.497 e. The van der Waals surface area contributed by atoms with E-state index in [-0.39, 0.29) is 6.61 Å². The van der Waals surface area contributed by atoms with E-state index in [1.54, 1.807) is 32.2 Å². The van der Waals surface area contributed by atoms with Crippen LogP contribution in [0.5, 0.6) is 5.75 Å². The fourth-order valence-electron chi connectivity index (χ4n) is 2.61. The Labute approximate surface area is 151 Å². The molecule has 0 saturated carbocycles. The Balaban J connectivity index is 2.10. The van der Waals surface area contributed by atoms with Crippen molar-refractivity contribution in [2.24, 2.45) is 0 Å². The van der Waals surface area contributed by atoms with Gasteiger partial charge in [-0.15, -0.1) is 0 Å². The van der Waals surface area contributed by atoms with Crippen LogP contribution in [0.15, 0.2) is 59.0 Å². The summed E-state index contributed by atoms with van der Waals surface area (Å²) < 4.78 is 16.1. The SMILES string of the molecule is CCOC(=O)C=C(c1ccc(OC)cc1)c1cc2cc(C#N)ccc2o1. The van der Waals surface area contributed by atoms with E-state index in [9.17, 15) is 4.79 Å². The van der Waals surface area contributed by atoms with Crippen LogP contribution in [0.1, 0.15) is 23.8 Å². The molecule has 1 heterocycles. The van der Waals surface area contributed by atoms with Gasteiger partial charge in [-0.2, -0.15) is 5.26 Å². The number of nitriles is 1. The molecule has 0 bridgehead atoms. The lowest BCUT2D eigenvalue weighted by Crippen LogP contribution is -2.01. The van der Waals surface area contributed by atoms with Crippen LogP contribution in [0.3, 0.4) is 0 Å². The Morgan fingerprint density at radius 1 is 1.19 bits per heavy atom. The van der Waals surface area contributed by atoms with Gasteiger partial charge in [-0.1, -0.05) is 12.1 Å². The lowest BCUT2D eigenvalue weighted by atomic mass is 10.0. The van der Waals surface area contributed by atoms with E-state index >= 15 is 0 Å². The first-order valence-electron chi connectivity index (χ1n) is 8.11. The molecular weight excluding hydrogens is 330 g/mol. The average Bonchev–Trinajstić information content (AvgIpc) is 3.09. The first-order chi connectivity index (χ1) is 12.6. The van der Waals surface area contributed by atoms with E-state index in [0.717, 1.165) is 10.9 Å². The first kappa shape index (κ1) is 17.3.